The first-order valence-electron chi connectivity index (χ1n) is 8.54. The van der Waals surface area contributed by atoms with E-state index in [0.717, 1.165) is 43.3 Å². The first kappa shape index (κ1) is 17.0. The summed E-state index contributed by atoms with van der Waals surface area (Å²) in [6.45, 7) is 9.72. The number of quaternary nitrogens is 1. The van der Waals surface area contributed by atoms with Gasteiger partial charge in [-0.15, -0.1) is 0 Å². The van der Waals surface area contributed by atoms with Crippen LogP contribution in [0.1, 0.15) is 22.3 Å². The molecule has 126 valence electrons. The zero-order valence-electron chi connectivity index (χ0n) is 14.4. The topological polar surface area (TPSA) is 20.0 Å². The minimum Gasteiger partial charge on any atom is -0.328 e. The summed E-state index contributed by atoms with van der Waals surface area (Å²) in [5.41, 5.74) is 5.26. The van der Waals surface area contributed by atoms with Gasteiger partial charge in [-0.25, -0.2) is 0 Å². The molecule has 1 heterocycles. The van der Waals surface area contributed by atoms with Gasteiger partial charge >= 0.3 is 0 Å². The normalized spacial score (nSPS) is 16.0. The van der Waals surface area contributed by atoms with Gasteiger partial charge in [-0.3, -0.25) is 5.01 Å². The van der Waals surface area contributed by atoms with Crippen molar-refractivity contribution in [3.8, 4) is 0 Å². The fourth-order valence-electron chi connectivity index (χ4n) is 3.15. The molecule has 0 spiro atoms. The Morgan fingerprint density at radius 2 is 1.92 bits per heavy atom. The molecule has 2 aromatic carbocycles. The average molecular weight is 343 g/mol. The Hall–Kier alpha value is -1.84. The molecular formula is C20H25ClN3+. The highest BCUT2D eigenvalue weighted by molar-refractivity contribution is 6.30. The minimum absolute atomic E-state index is 0.752. The van der Waals surface area contributed by atoms with Crippen LogP contribution in [0.2, 0.25) is 5.02 Å². The Morgan fingerprint density at radius 3 is 2.62 bits per heavy atom. The maximum atomic E-state index is 6.01. The molecule has 0 saturated carbocycles. The van der Waals surface area contributed by atoms with Gasteiger partial charge in [0.2, 0.25) is 0 Å². The van der Waals surface area contributed by atoms with Crippen LogP contribution in [0.3, 0.4) is 0 Å². The SMILES string of the molecule is Cc1ccc(C[NH+]2CCN(N=Cc3cccc(Cl)c3)CC2)c(C)c1. The van der Waals surface area contributed by atoms with Gasteiger partial charge in [0, 0.05) is 10.6 Å². The smallest absolute Gasteiger partial charge is 0.103 e. The summed E-state index contributed by atoms with van der Waals surface area (Å²) in [6, 6.07) is 14.6. The van der Waals surface area contributed by atoms with E-state index in [-0.39, 0.29) is 0 Å². The molecule has 0 aromatic heterocycles. The molecule has 2 aromatic rings. The molecule has 3 nitrogen and oxygen atoms in total. The second-order valence-corrected chi connectivity index (χ2v) is 7.05. The highest BCUT2D eigenvalue weighted by atomic mass is 35.5. The van der Waals surface area contributed by atoms with Crippen LogP contribution in [-0.2, 0) is 6.54 Å². The highest BCUT2D eigenvalue weighted by Crippen LogP contribution is 2.10. The van der Waals surface area contributed by atoms with Crippen molar-refractivity contribution < 1.29 is 4.90 Å². The highest BCUT2D eigenvalue weighted by Gasteiger charge is 2.19. The van der Waals surface area contributed by atoms with Crippen molar-refractivity contribution in [3.05, 3.63) is 69.7 Å². The lowest BCUT2D eigenvalue weighted by molar-refractivity contribution is -0.918. The van der Waals surface area contributed by atoms with Crippen LogP contribution < -0.4 is 4.90 Å². The van der Waals surface area contributed by atoms with E-state index in [1.165, 1.54) is 16.7 Å². The van der Waals surface area contributed by atoms with Crippen LogP contribution >= 0.6 is 11.6 Å². The Balaban J connectivity index is 1.52. The number of hydrazone groups is 1. The molecule has 24 heavy (non-hydrogen) atoms. The summed E-state index contributed by atoms with van der Waals surface area (Å²) in [4.78, 5) is 1.64. The first-order chi connectivity index (χ1) is 11.6. The predicted octanol–water partition coefficient (Wildman–Crippen LogP) is 2.69. The van der Waals surface area contributed by atoms with Crippen molar-refractivity contribution in [2.75, 3.05) is 26.2 Å². The van der Waals surface area contributed by atoms with Gasteiger partial charge in [0.25, 0.3) is 0 Å². The molecule has 3 rings (SSSR count). The van der Waals surface area contributed by atoms with Crippen molar-refractivity contribution in [3.63, 3.8) is 0 Å². The Morgan fingerprint density at radius 1 is 1.12 bits per heavy atom. The van der Waals surface area contributed by atoms with Gasteiger partial charge in [0.15, 0.2) is 0 Å². The van der Waals surface area contributed by atoms with Gasteiger partial charge in [0.05, 0.1) is 32.4 Å². The van der Waals surface area contributed by atoms with E-state index in [1.807, 2.05) is 30.5 Å². The second-order valence-electron chi connectivity index (χ2n) is 6.61. The van der Waals surface area contributed by atoms with Gasteiger partial charge in [-0.1, -0.05) is 47.5 Å². The zero-order valence-corrected chi connectivity index (χ0v) is 15.2. The van der Waals surface area contributed by atoms with Crippen molar-refractivity contribution in [1.82, 2.24) is 5.01 Å². The number of nitrogens with one attached hydrogen (secondary N) is 1. The summed E-state index contributed by atoms with van der Waals surface area (Å²) in [5, 5.41) is 7.51. The number of nitrogens with zero attached hydrogens (tertiary/aromatic N) is 2. The molecule has 1 aliphatic rings. The maximum Gasteiger partial charge on any atom is 0.103 e. The lowest BCUT2D eigenvalue weighted by Gasteiger charge is -2.30. The molecule has 1 fully saturated rings. The number of halogens is 1. The van der Waals surface area contributed by atoms with Crippen molar-refractivity contribution in [2.45, 2.75) is 20.4 Å². The van der Waals surface area contributed by atoms with Gasteiger partial charge in [-0.2, -0.15) is 5.10 Å². The van der Waals surface area contributed by atoms with Crippen molar-refractivity contribution >= 4 is 17.8 Å². The molecule has 1 aliphatic heterocycles. The van der Waals surface area contributed by atoms with Gasteiger partial charge in [0.1, 0.15) is 6.54 Å². The third-order valence-corrected chi connectivity index (χ3v) is 4.84. The average Bonchev–Trinajstić information content (AvgIpc) is 2.57. The largest absolute Gasteiger partial charge is 0.328 e. The Kier molecular flexibility index (Phi) is 5.54. The number of rotatable bonds is 4. The van der Waals surface area contributed by atoms with E-state index >= 15 is 0 Å². The third-order valence-electron chi connectivity index (χ3n) is 4.60. The molecule has 1 saturated heterocycles. The Labute approximate surface area is 149 Å². The number of hydrogen-bond acceptors (Lipinski definition) is 2. The van der Waals surface area contributed by atoms with E-state index in [0.29, 0.717) is 0 Å². The molecule has 0 radical (unpaired) electrons. The fraction of sp³-hybridized carbons (Fsp3) is 0.350. The molecule has 0 bridgehead atoms. The Bertz CT molecular complexity index is 719. The molecule has 0 aliphatic carbocycles. The van der Waals surface area contributed by atoms with Crippen LogP contribution in [0.15, 0.2) is 47.6 Å². The molecule has 1 N–H and O–H groups in total. The monoisotopic (exact) mass is 342 g/mol. The van der Waals surface area contributed by atoms with Gasteiger partial charge < -0.3 is 4.90 Å². The van der Waals surface area contributed by atoms with E-state index in [4.69, 9.17) is 11.6 Å². The standard InChI is InChI=1S/C20H24ClN3/c1-16-6-7-19(17(2)12-16)15-23-8-10-24(11-9-23)22-14-18-4-3-5-20(21)13-18/h3-7,12-14H,8-11,15H2,1-2H3/p+1. The number of aryl methyl sites for hydroxylation is 2. The second kappa shape index (κ2) is 7.82. The molecule has 4 heteroatoms. The number of piperazine rings is 1. The minimum atomic E-state index is 0.752. The van der Waals surface area contributed by atoms with Crippen LogP contribution in [0.4, 0.5) is 0 Å². The zero-order chi connectivity index (χ0) is 16.9. The summed E-state index contributed by atoms with van der Waals surface area (Å²) in [5.74, 6) is 0. The van der Waals surface area contributed by atoms with E-state index in [1.54, 1.807) is 4.90 Å². The lowest BCUT2D eigenvalue weighted by Crippen LogP contribution is -3.13. The number of hydrogen-bond donors (Lipinski definition) is 1. The summed E-state index contributed by atoms with van der Waals surface area (Å²) < 4.78 is 0. The van der Waals surface area contributed by atoms with Crippen LogP contribution in [0, 0.1) is 13.8 Å². The summed E-state index contributed by atoms with van der Waals surface area (Å²) in [6.07, 6.45) is 1.90. The molecule has 0 atom stereocenters. The summed E-state index contributed by atoms with van der Waals surface area (Å²) in [7, 11) is 0. The van der Waals surface area contributed by atoms with E-state index in [2.05, 4.69) is 42.2 Å². The van der Waals surface area contributed by atoms with Crippen LogP contribution in [-0.4, -0.2) is 37.4 Å². The fourth-order valence-corrected chi connectivity index (χ4v) is 3.35. The first-order valence-corrected chi connectivity index (χ1v) is 8.92. The molecular weight excluding hydrogens is 318 g/mol. The maximum absolute atomic E-state index is 6.01. The van der Waals surface area contributed by atoms with Gasteiger partial charge in [-0.05, 0) is 37.1 Å². The van der Waals surface area contributed by atoms with E-state index in [9.17, 15) is 0 Å². The number of benzene rings is 2. The molecule has 0 unspecified atom stereocenters. The summed E-state index contributed by atoms with van der Waals surface area (Å²) >= 11 is 6.01. The predicted molar refractivity (Wildman–Crippen MR) is 101 cm³/mol. The van der Waals surface area contributed by atoms with Crippen molar-refractivity contribution in [2.24, 2.45) is 5.10 Å². The third kappa shape index (κ3) is 4.59. The van der Waals surface area contributed by atoms with Crippen LogP contribution in [0.25, 0.3) is 0 Å². The van der Waals surface area contributed by atoms with Crippen LogP contribution in [0.5, 0.6) is 0 Å². The van der Waals surface area contributed by atoms with Crippen molar-refractivity contribution in [1.29, 1.82) is 0 Å². The quantitative estimate of drug-likeness (QED) is 0.847. The molecule has 0 amide bonds. The van der Waals surface area contributed by atoms with E-state index < -0.39 is 0 Å². The lowest BCUT2D eigenvalue weighted by atomic mass is 10.1.